The maximum Gasteiger partial charge on any atom is 0.272 e. The molecule has 3 aromatic heterocycles. The lowest BCUT2D eigenvalue weighted by Gasteiger charge is -2.27. The Balaban J connectivity index is 1.69. The summed E-state index contributed by atoms with van der Waals surface area (Å²) in [5, 5.41) is 6.33. The molecule has 13 heteroatoms. The van der Waals surface area contributed by atoms with Crippen LogP contribution >= 0.6 is 34.8 Å². The van der Waals surface area contributed by atoms with Crippen LogP contribution in [0.3, 0.4) is 0 Å². The zero-order chi connectivity index (χ0) is 25.3. The van der Waals surface area contributed by atoms with Crippen molar-refractivity contribution >= 4 is 63.5 Å². The van der Waals surface area contributed by atoms with Crippen LogP contribution in [0.25, 0.3) is 11.2 Å². The average Bonchev–Trinajstić information content (AvgIpc) is 3.13. The molecule has 3 aromatic rings. The predicted molar refractivity (Wildman–Crippen MR) is 131 cm³/mol. The molecular formula is C22H23Cl3F2N6O2. The average molecular weight is 548 g/mol. The standard InChI is InChI=1S/C22H23Cl3F2N6O2/c1-10-3-5-11(6-4-10)29-20(34)12-7-14-19(32-21(12)35-9-15(26)27)33(2)22(30-14)31-17-13(23)8-28-18(25)16(17)24/h7-8,10-11,15H,3-6,9H2,1-2H3,(H,29,34)(H,28,30,31). The number of nitrogens with zero attached hydrogens (tertiary/aromatic N) is 4. The van der Waals surface area contributed by atoms with Crippen LogP contribution in [0.15, 0.2) is 12.3 Å². The van der Waals surface area contributed by atoms with E-state index < -0.39 is 18.9 Å². The van der Waals surface area contributed by atoms with Crippen molar-refractivity contribution in [2.45, 2.75) is 45.1 Å². The SMILES string of the molecule is CC1CCC(NC(=O)c2cc3nc(Nc4c(Cl)cnc(Cl)c4Cl)n(C)c3nc2OCC(F)F)CC1. The first-order valence-electron chi connectivity index (χ1n) is 11.0. The highest BCUT2D eigenvalue weighted by atomic mass is 35.5. The minimum Gasteiger partial charge on any atom is -0.471 e. The normalized spacial score (nSPS) is 18.2. The van der Waals surface area contributed by atoms with E-state index in [1.807, 2.05) is 0 Å². The van der Waals surface area contributed by atoms with Gasteiger partial charge in [-0.05, 0) is 37.7 Å². The number of aryl methyl sites for hydroxylation is 1. The fourth-order valence-electron chi connectivity index (χ4n) is 3.96. The Morgan fingerprint density at radius 2 is 1.94 bits per heavy atom. The van der Waals surface area contributed by atoms with E-state index in [1.54, 1.807) is 11.6 Å². The zero-order valence-electron chi connectivity index (χ0n) is 18.9. The molecule has 0 spiro atoms. The first kappa shape index (κ1) is 25.7. The molecule has 2 N–H and O–H groups in total. The molecule has 35 heavy (non-hydrogen) atoms. The molecule has 0 saturated heterocycles. The van der Waals surface area contributed by atoms with Crippen molar-refractivity contribution in [2.24, 2.45) is 13.0 Å². The number of amides is 1. The van der Waals surface area contributed by atoms with Crippen LogP contribution in [-0.4, -0.2) is 44.5 Å². The highest BCUT2D eigenvalue weighted by molar-refractivity contribution is 6.45. The second-order valence-corrected chi connectivity index (χ2v) is 9.66. The molecule has 0 unspecified atom stereocenters. The first-order chi connectivity index (χ1) is 16.6. The zero-order valence-corrected chi connectivity index (χ0v) is 21.2. The number of rotatable bonds is 7. The summed E-state index contributed by atoms with van der Waals surface area (Å²) >= 11 is 18.4. The number of aromatic nitrogens is 4. The van der Waals surface area contributed by atoms with Gasteiger partial charge in [0.05, 0.1) is 10.7 Å². The molecule has 0 aromatic carbocycles. The molecule has 1 amide bonds. The van der Waals surface area contributed by atoms with Crippen LogP contribution in [0.1, 0.15) is 43.0 Å². The number of ether oxygens (including phenoxy) is 1. The Labute approximate surface area is 215 Å². The van der Waals surface area contributed by atoms with Crippen molar-refractivity contribution in [3.8, 4) is 5.88 Å². The summed E-state index contributed by atoms with van der Waals surface area (Å²) in [5.41, 5.74) is 0.955. The maximum absolute atomic E-state index is 13.1. The van der Waals surface area contributed by atoms with Crippen LogP contribution in [0.4, 0.5) is 20.4 Å². The molecule has 0 radical (unpaired) electrons. The van der Waals surface area contributed by atoms with E-state index in [9.17, 15) is 13.6 Å². The minimum absolute atomic E-state index is 0.000900. The smallest absolute Gasteiger partial charge is 0.272 e. The molecule has 1 aliphatic rings. The van der Waals surface area contributed by atoms with Gasteiger partial charge in [0.25, 0.3) is 12.3 Å². The van der Waals surface area contributed by atoms with Crippen LogP contribution in [0.2, 0.25) is 15.2 Å². The van der Waals surface area contributed by atoms with E-state index in [-0.39, 0.29) is 44.3 Å². The quantitative estimate of drug-likeness (QED) is 0.351. The number of hydrogen-bond donors (Lipinski definition) is 2. The summed E-state index contributed by atoms with van der Waals surface area (Å²) in [6, 6.07) is 1.47. The number of alkyl halides is 2. The minimum atomic E-state index is -2.73. The van der Waals surface area contributed by atoms with Gasteiger partial charge in [-0.1, -0.05) is 41.7 Å². The summed E-state index contributed by atoms with van der Waals surface area (Å²) < 4.78 is 32.5. The van der Waals surface area contributed by atoms with Gasteiger partial charge >= 0.3 is 0 Å². The van der Waals surface area contributed by atoms with Crippen LogP contribution in [0, 0.1) is 5.92 Å². The van der Waals surface area contributed by atoms with Gasteiger partial charge in [-0.25, -0.2) is 18.7 Å². The summed E-state index contributed by atoms with van der Waals surface area (Å²) in [5.74, 6) is 0.243. The number of anilines is 2. The lowest BCUT2D eigenvalue weighted by atomic mass is 9.87. The van der Waals surface area contributed by atoms with E-state index in [2.05, 4.69) is 32.5 Å². The van der Waals surface area contributed by atoms with Crippen LogP contribution in [0.5, 0.6) is 5.88 Å². The van der Waals surface area contributed by atoms with Crippen molar-refractivity contribution in [3.05, 3.63) is 33.0 Å². The largest absolute Gasteiger partial charge is 0.471 e. The Bertz CT molecular complexity index is 1250. The Hall–Kier alpha value is -2.43. The molecule has 8 nitrogen and oxygen atoms in total. The molecule has 1 fully saturated rings. The number of imidazole rings is 1. The highest BCUT2D eigenvalue weighted by Gasteiger charge is 2.25. The molecule has 0 atom stereocenters. The van der Waals surface area contributed by atoms with Gasteiger partial charge in [0, 0.05) is 19.3 Å². The number of nitrogens with one attached hydrogen (secondary N) is 2. The van der Waals surface area contributed by atoms with Gasteiger partial charge in [0.1, 0.15) is 21.3 Å². The number of carbonyl (C=O) groups excluding carboxylic acids is 1. The molecule has 4 rings (SSSR count). The van der Waals surface area contributed by atoms with Crippen LogP contribution in [-0.2, 0) is 7.05 Å². The Morgan fingerprint density at radius 3 is 2.63 bits per heavy atom. The summed E-state index contributed by atoms with van der Waals surface area (Å²) in [6.07, 6.45) is 2.33. The topological polar surface area (TPSA) is 94.0 Å². The fraction of sp³-hybridized carbons (Fsp3) is 0.455. The van der Waals surface area contributed by atoms with E-state index in [0.717, 1.165) is 25.7 Å². The third-order valence-corrected chi connectivity index (χ3v) is 6.96. The monoisotopic (exact) mass is 546 g/mol. The fourth-order valence-corrected chi connectivity index (χ4v) is 4.54. The van der Waals surface area contributed by atoms with Gasteiger partial charge < -0.3 is 15.4 Å². The molecular weight excluding hydrogens is 525 g/mol. The summed E-state index contributed by atoms with van der Waals surface area (Å²) in [7, 11) is 1.65. The second kappa shape index (κ2) is 10.7. The third-order valence-electron chi connectivity index (χ3n) is 5.92. The van der Waals surface area contributed by atoms with Gasteiger partial charge in [-0.3, -0.25) is 9.36 Å². The first-order valence-corrected chi connectivity index (χ1v) is 12.1. The molecule has 0 bridgehead atoms. The van der Waals surface area contributed by atoms with E-state index in [0.29, 0.717) is 17.1 Å². The summed E-state index contributed by atoms with van der Waals surface area (Å²) in [6.45, 7) is 1.28. The van der Waals surface area contributed by atoms with Crippen molar-refractivity contribution in [1.82, 2.24) is 24.8 Å². The van der Waals surface area contributed by atoms with E-state index in [1.165, 1.54) is 12.3 Å². The van der Waals surface area contributed by atoms with Gasteiger partial charge in [0.15, 0.2) is 12.3 Å². The number of carbonyl (C=O) groups is 1. The summed E-state index contributed by atoms with van der Waals surface area (Å²) in [4.78, 5) is 25.8. The second-order valence-electron chi connectivity index (χ2n) is 8.52. The number of pyridine rings is 2. The van der Waals surface area contributed by atoms with Crippen LogP contribution < -0.4 is 15.4 Å². The third kappa shape index (κ3) is 5.70. The lowest BCUT2D eigenvalue weighted by Crippen LogP contribution is -2.37. The number of hydrogen-bond acceptors (Lipinski definition) is 6. The Morgan fingerprint density at radius 1 is 1.23 bits per heavy atom. The van der Waals surface area contributed by atoms with Gasteiger partial charge in [-0.2, -0.15) is 4.98 Å². The molecule has 1 aliphatic carbocycles. The number of fused-ring (bicyclic) bond motifs is 1. The predicted octanol–water partition coefficient (Wildman–Crippen LogP) is 6.02. The van der Waals surface area contributed by atoms with Crippen molar-refractivity contribution in [1.29, 1.82) is 0 Å². The van der Waals surface area contributed by atoms with Crippen molar-refractivity contribution in [3.63, 3.8) is 0 Å². The van der Waals surface area contributed by atoms with E-state index in [4.69, 9.17) is 39.5 Å². The molecule has 3 heterocycles. The molecule has 1 saturated carbocycles. The highest BCUT2D eigenvalue weighted by Crippen LogP contribution is 2.36. The lowest BCUT2D eigenvalue weighted by molar-refractivity contribution is 0.0770. The van der Waals surface area contributed by atoms with Crippen molar-refractivity contribution < 1.29 is 18.3 Å². The Kier molecular flexibility index (Phi) is 7.83. The molecule has 0 aliphatic heterocycles. The molecule has 188 valence electrons. The maximum atomic E-state index is 13.1. The van der Waals surface area contributed by atoms with Gasteiger partial charge in [-0.15, -0.1) is 0 Å². The van der Waals surface area contributed by atoms with E-state index >= 15 is 0 Å². The van der Waals surface area contributed by atoms with Crippen molar-refractivity contribution in [2.75, 3.05) is 11.9 Å². The van der Waals surface area contributed by atoms with Gasteiger partial charge in [0.2, 0.25) is 11.8 Å². The number of halogens is 5.